The van der Waals surface area contributed by atoms with Gasteiger partial charge in [0, 0.05) is 36.8 Å². The van der Waals surface area contributed by atoms with Crippen LogP contribution in [0.1, 0.15) is 41.7 Å². The molecule has 0 spiro atoms. The smallest absolute Gasteiger partial charge is 0.416 e. The standard InChI is InChI=1S/C26H24F3N7O6/c1-25(2,3)42-24(40)36(13-26(27,28)29)19-9-14(7-8-30-19)22-33-18(12-41-22)21(37)32-17-11-35(4)34-20(17)15-5-6-16(23(38)39)31-10-15/h5-12H,13H2,1-4H3,(H,32,37)(H,38,39). The van der Waals surface area contributed by atoms with Crippen molar-refractivity contribution in [3.63, 3.8) is 0 Å². The minimum absolute atomic E-state index is 0.125. The summed E-state index contributed by atoms with van der Waals surface area (Å²) in [4.78, 5) is 48.8. The predicted octanol–water partition coefficient (Wildman–Crippen LogP) is 4.79. The van der Waals surface area contributed by atoms with Gasteiger partial charge in [-0.2, -0.15) is 18.3 Å². The molecule has 0 aliphatic rings. The zero-order valence-electron chi connectivity index (χ0n) is 22.6. The molecular weight excluding hydrogens is 563 g/mol. The molecule has 0 aromatic carbocycles. The number of carbonyl (C=O) groups excluding carboxylic acids is 2. The SMILES string of the molecule is Cn1cc(NC(=O)c2coc(-c3ccnc(N(CC(F)(F)F)C(=O)OC(C)(C)C)c3)n2)c(-c2ccc(C(=O)O)nc2)n1. The van der Waals surface area contributed by atoms with Gasteiger partial charge < -0.3 is 19.6 Å². The summed E-state index contributed by atoms with van der Waals surface area (Å²) in [7, 11) is 1.62. The fourth-order valence-electron chi connectivity index (χ4n) is 3.59. The van der Waals surface area contributed by atoms with Gasteiger partial charge in [0.05, 0.1) is 5.69 Å². The molecule has 0 bridgehead atoms. The molecule has 0 aliphatic heterocycles. The molecule has 4 aromatic rings. The Morgan fingerprint density at radius 1 is 1.10 bits per heavy atom. The first kappa shape index (κ1) is 29.7. The van der Waals surface area contributed by atoms with Gasteiger partial charge in [-0.3, -0.25) is 14.4 Å². The van der Waals surface area contributed by atoms with Crippen molar-refractivity contribution < 1.29 is 41.8 Å². The van der Waals surface area contributed by atoms with Gasteiger partial charge in [-0.25, -0.2) is 24.5 Å². The van der Waals surface area contributed by atoms with Gasteiger partial charge in [0.1, 0.15) is 35.6 Å². The van der Waals surface area contributed by atoms with E-state index in [-0.39, 0.29) is 34.3 Å². The number of pyridine rings is 2. The maximum Gasteiger partial charge on any atom is 0.416 e. The Balaban J connectivity index is 1.57. The van der Waals surface area contributed by atoms with E-state index in [0.29, 0.717) is 16.2 Å². The van der Waals surface area contributed by atoms with Crippen molar-refractivity contribution in [1.29, 1.82) is 0 Å². The van der Waals surface area contributed by atoms with Crippen LogP contribution in [-0.4, -0.2) is 66.1 Å². The van der Waals surface area contributed by atoms with Crippen LogP contribution in [0.3, 0.4) is 0 Å². The van der Waals surface area contributed by atoms with Crippen LogP contribution in [0.5, 0.6) is 0 Å². The maximum absolute atomic E-state index is 13.3. The highest BCUT2D eigenvalue weighted by atomic mass is 19.4. The van der Waals surface area contributed by atoms with E-state index in [1.165, 1.54) is 56.0 Å². The number of alkyl halides is 3. The fourth-order valence-corrected chi connectivity index (χ4v) is 3.59. The third-order valence-corrected chi connectivity index (χ3v) is 5.29. The molecule has 0 radical (unpaired) electrons. The Kier molecular flexibility index (Phi) is 7.99. The van der Waals surface area contributed by atoms with Crippen LogP contribution in [0.4, 0.5) is 29.5 Å². The third kappa shape index (κ3) is 7.26. The Morgan fingerprint density at radius 2 is 1.83 bits per heavy atom. The van der Waals surface area contributed by atoms with Gasteiger partial charge in [0.25, 0.3) is 5.91 Å². The van der Waals surface area contributed by atoms with Crippen LogP contribution in [0, 0.1) is 0 Å². The molecule has 0 unspecified atom stereocenters. The molecule has 4 heterocycles. The second kappa shape index (κ2) is 11.3. The summed E-state index contributed by atoms with van der Waals surface area (Å²) in [6.07, 6.45) is -0.977. The van der Waals surface area contributed by atoms with E-state index >= 15 is 0 Å². The fraction of sp³-hybridized carbons (Fsp3) is 0.269. The van der Waals surface area contributed by atoms with E-state index in [1.54, 1.807) is 7.05 Å². The summed E-state index contributed by atoms with van der Waals surface area (Å²) in [5.41, 5.74) is -0.237. The Bertz CT molecular complexity index is 1620. The van der Waals surface area contributed by atoms with Crippen molar-refractivity contribution in [1.82, 2.24) is 24.7 Å². The van der Waals surface area contributed by atoms with Crippen LogP contribution in [0.15, 0.2) is 53.5 Å². The average molecular weight is 588 g/mol. The molecular formula is C26H24F3N7O6. The topological polar surface area (TPSA) is 166 Å². The lowest BCUT2D eigenvalue weighted by molar-refractivity contribution is -0.119. The minimum Gasteiger partial charge on any atom is -0.477 e. The highest BCUT2D eigenvalue weighted by Crippen LogP contribution is 2.29. The van der Waals surface area contributed by atoms with E-state index in [4.69, 9.17) is 14.3 Å². The second-order valence-electron chi connectivity index (χ2n) is 9.88. The van der Waals surface area contributed by atoms with Crippen molar-refractivity contribution in [2.45, 2.75) is 32.5 Å². The zero-order chi connectivity index (χ0) is 30.8. The van der Waals surface area contributed by atoms with Crippen LogP contribution in [-0.2, 0) is 11.8 Å². The highest BCUT2D eigenvalue weighted by Gasteiger charge is 2.36. The molecule has 13 nitrogen and oxygen atoms in total. The third-order valence-electron chi connectivity index (χ3n) is 5.29. The lowest BCUT2D eigenvalue weighted by Crippen LogP contribution is -2.42. The number of anilines is 2. The van der Waals surface area contributed by atoms with Crippen LogP contribution in [0.2, 0.25) is 0 Å². The van der Waals surface area contributed by atoms with Crippen molar-refractivity contribution in [2.75, 3.05) is 16.8 Å². The summed E-state index contributed by atoms with van der Waals surface area (Å²) in [6.45, 7) is 2.89. The number of amides is 2. The van der Waals surface area contributed by atoms with Crippen molar-refractivity contribution in [3.05, 3.63) is 60.5 Å². The molecule has 4 rings (SSSR count). The Labute approximate surface area is 236 Å². The summed E-state index contributed by atoms with van der Waals surface area (Å²) in [5, 5.41) is 16.0. The number of hydrogen-bond donors (Lipinski definition) is 2. The number of ether oxygens (including phenoxy) is 1. The van der Waals surface area contributed by atoms with Gasteiger partial charge >= 0.3 is 18.2 Å². The molecule has 2 amide bonds. The van der Waals surface area contributed by atoms with Gasteiger partial charge in [0.2, 0.25) is 5.89 Å². The molecule has 0 saturated heterocycles. The van der Waals surface area contributed by atoms with E-state index in [9.17, 15) is 27.6 Å². The van der Waals surface area contributed by atoms with Crippen molar-refractivity contribution >= 4 is 29.5 Å². The van der Waals surface area contributed by atoms with E-state index < -0.39 is 36.3 Å². The first-order chi connectivity index (χ1) is 19.6. The summed E-state index contributed by atoms with van der Waals surface area (Å²) in [5.74, 6) is -2.39. The van der Waals surface area contributed by atoms with Gasteiger partial charge in [-0.05, 0) is 45.0 Å². The molecule has 42 heavy (non-hydrogen) atoms. The summed E-state index contributed by atoms with van der Waals surface area (Å²) >= 11 is 0. The molecule has 0 aliphatic carbocycles. The maximum atomic E-state index is 13.3. The van der Waals surface area contributed by atoms with Crippen molar-refractivity contribution in [2.24, 2.45) is 7.05 Å². The largest absolute Gasteiger partial charge is 0.477 e. The monoisotopic (exact) mass is 587 g/mol. The summed E-state index contributed by atoms with van der Waals surface area (Å²) < 4.78 is 51.8. The van der Waals surface area contributed by atoms with Crippen LogP contribution < -0.4 is 10.2 Å². The number of oxazole rings is 1. The quantitative estimate of drug-likeness (QED) is 0.307. The summed E-state index contributed by atoms with van der Waals surface area (Å²) in [6, 6.07) is 5.31. The number of hydrogen-bond acceptors (Lipinski definition) is 9. The van der Waals surface area contributed by atoms with Gasteiger partial charge in [-0.1, -0.05) is 0 Å². The van der Waals surface area contributed by atoms with Gasteiger partial charge in [-0.15, -0.1) is 0 Å². The number of carboxylic acids is 1. The average Bonchev–Trinajstić information content (AvgIpc) is 3.53. The number of nitrogens with one attached hydrogen (secondary N) is 1. The molecule has 2 N–H and O–H groups in total. The zero-order valence-corrected chi connectivity index (χ0v) is 22.6. The molecule has 0 atom stereocenters. The number of aromatic nitrogens is 5. The molecule has 4 aromatic heterocycles. The highest BCUT2D eigenvalue weighted by molar-refractivity contribution is 6.04. The van der Waals surface area contributed by atoms with Gasteiger partial charge in [0.15, 0.2) is 5.69 Å². The normalized spacial score (nSPS) is 11.7. The lowest BCUT2D eigenvalue weighted by atomic mass is 10.1. The first-order valence-corrected chi connectivity index (χ1v) is 12.1. The van der Waals surface area contributed by atoms with E-state index in [1.807, 2.05) is 0 Å². The van der Waals surface area contributed by atoms with E-state index in [2.05, 4.69) is 25.4 Å². The van der Waals surface area contributed by atoms with E-state index in [0.717, 1.165) is 18.5 Å². The number of halogens is 3. The van der Waals surface area contributed by atoms with Crippen LogP contribution >= 0.6 is 0 Å². The number of nitrogens with zero attached hydrogens (tertiary/aromatic N) is 6. The number of rotatable bonds is 7. The predicted molar refractivity (Wildman–Crippen MR) is 141 cm³/mol. The number of carboxylic acid groups (broad SMARTS) is 1. The number of aromatic carboxylic acids is 1. The molecule has 0 fully saturated rings. The van der Waals surface area contributed by atoms with Crippen LogP contribution in [0.25, 0.3) is 22.7 Å². The first-order valence-electron chi connectivity index (χ1n) is 12.1. The Hall–Kier alpha value is -5.28. The second-order valence-corrected chi connectivity index (χ2v) is 9.88. The molecule has 16 heteroatoms. The number of carbonyl (C=O) groups is 3. The minimum atomic E-state index is -4.75. The number of aryl methyl sites for hydroxylation is 1. The lowest BCUT2D eigenvalue weighted by Gasteiger charge is -2.27. The van der Waals surface area contributed by atoms with Crippen molar-refractivity contribution in [3.8, 4) is 22.7 Å². The molecule has 220 valence electrons. The Morgan fingerprint density at radius 3 is 2.45 bits per heavy atom. The molecule has 0 saturated carbocycles.